The number of carboxylic acid groups (broad SMARTS) is 1. The first-order valence-corrected chi connectivity index (χ1v) is 14.5. The highest BCUT2D eigenvalue weighted by Crippen LogP contribution is 2.34. The van der Waals surface area contributed by atoms with Gasteiger partial charge in [-0.15, -0.1) is 0 Å². The zero-order valence-corrected chi connectivity index (χ0v) is 25.6. The summed E-state index contributed by atoms with van der Waals surface area (Å²) in [6.45, 7) is 3.66. The van der Waals surface area contributed by atoms with Crippen LogP contribution in [0.2, 0.25) is 0 Å². The van der Waals surface area contributed by atoms with Crippen molar-refractivity contribution < 1.29 is 32.6 Å². The number of hydrogen-bond acceptors (Lipinski definition) is 6. The first-order chi connectivity index (χ1) is 22.8. The highest BCUT2D eigenvalue weighted by Gasteiger charge is 2.36. The second-order valence-electron chi connectivity index (χ2n) is 11.0. The molecule has 0 aliphatic heterocycles. The third-order valence-electron chi connectivity index (χ3n) is 7.61. The van der Waals surface area contributed by atoms with E-state index in [4.69, 9.17) is 4.74 Å². The van der Waals surface area contributed by atoms with Gasteiger partial charge in [0.05, 0.1) is 24.1 Å². The van der Waals surface area contributed by atoms with Crippen molar-refractivity contribution in [2.75, 3.05) is 0 Å². The lowest BCUT2D eigenvalue weighted by molar-refractivity contribution is -0.139. The molecule has 0 aliphatic rings. The minimum atomic E-state index is -4.94. The van der Waals surface area contributed by atoms with E-state index in [1.807, 2.05) is 26.0 Å². The standard InChI is InChI=1S/C35H28F3N5O5/c1-20-6-7-24(21(2)12-20)18-43-31(15-29(35(36,37)38)28(16-39)33(43)45)22-8-10-26(11-9-22)48-27-5-3-4-23(13-27)32(44)42-30(34(46)47)14-25-17-40-19-41-25/h3-13,15,17,19,30H,14,18H2,1-2H3,(H,40,41)(H,42,44)(H,46,47)/t30-/m0/s1. The molecule has 2 heterocycles. The van der Waals surface area contributed by atoms with E-state index in [2.05, 4.69) is 15.3 Å². The number of aromatic nitrogens is 3. The Labute approximate surface area is 272 Å². The van der Waals surface area contributed by atoms with Crippen molar-refractivity contribution >= 4 is 11.9 Å². The van der Waals surface area contributed by atoms with Crippen molar-refractivity contribution in [3.05, 3.63) is 135 Å². The number of rotatable bonds is 10. The van der Waals surface area contributed by atoms with Crippen LogP contribution in [0.25, 0.3) is 11.3 Å². The average molecular weight is 656 g/mol. The van der Waals surface area contributed by atoms with Gasteiger partial charge in [0, 0.05) is 23.9 Å². The van der Waals surface area contributed by atoms with Gasteiger partial charge < -0.3 is 24.7 Å². The maximum atomic E-state index is 14.0. The van der Waals surface area contributed by atoms with Gasteiger partial charge in [0.15, 0.2) is 0 Å². The van der Waals surface area contributed by atoms with E-state index in [9.17, 15) is 37.9 Å². The number of carboxylic acids is 1. The minimum Gasteiger partial charge on any atom is -0.480 e. The lowest BCUT2D eigenvalue weighted by Crippen LogP contribution is -2.42. The summed E-state index contributed by atoms with van der Waals surface area (Å²) in [5.74, 6) is -1.37. The SMILES string of the molecule is Cc1ccc(Cn2c(-c3ccc(Oc4cccc(C(=O)N[C@@H](Cc5cnc[nH]5)C(=O)O)c4)cc3)cc(C(F)(F)F)c(C#N)c2=O)c(C)c1. The number of benzene rings is 3. The molecule has 3 aromatic carbocycles. The quantitative estimate of drug-likeness (QED) is 0.167. The molecular weight excluding hydrogens is 627 g/mol. The van der Waals surface area contributed by atoms with E-state index in [0.717, 1.165) is 21.8 Å². The third-order valence-corrected chi connectivity index (χ3v) is 7.61. The van der Waals surface area contributed by atoms with Gasteiger partial charge in [-0.3, -0.25) is 9.59 Å². The molecule has 1 atom stereocenters. The summed E-state index contributed by atoms with van der Waals surface area (Å²) in [6, 6.07) is 18.5. The van der Waals surface area contributed by atoms with Gasteiger partial charge in [-0.25, -0.2) is 9.78 Å². The number of amides is 1. The summed E-state index contributed by atoms with van der Waals surface area (Å²) in [6.07, 6.45) is -2.09. The number of imidazole rings is 1. The molecule has 0 bridgehead atoms. The summed E-state index contributed by atoms with van der Waals surface area (Å²) in [5, 5.41) is 21.6. The maximum absolute atomic E-state index is 14.0. The normalized spacial score (nSPS) is 11.8. The van der Waals surface area contributed by atoms with Crippen molar-refractivity contribution in [2.24, 2.45) is 0 Å². The maximum Gasteiger partial charge on any atom is 0.417 e. The molecule has 0 saturated carbocycles. The molecule has 2 aromatic heterocycles. The summed E-state index contributed by atoms with van der Waals surface area (Å²) in [7, 11) is 0. The number of carbonyl (C=O) groups is 2. The molecule has 5 aromatic rings. The smallest absolute Gasteiger partial charge is 0.417 e. The fourth-order valence-electron chi connectivity index (χ4n) is 5.16. The van der Waals surface area contributed by atoms with E-state index in [0.29, 0.717) is 11.3 Å². The van der Waals surface area contributed by atoms with Crippen molar-refractivity contribution in [3.8, 4) is 28.8 Å². The monoisotopic (exact) mass is 655 g/mol. The number of carbonyl (C=O) groups excluding carboxylic acids is 1. The van der Waals surface area contributed by atoms with Gasteiger partial charge >= 0.3 is 12.1 Å². The van der Waals surface area contributed by atoms with Crippen LogP contribution in [0.15, 0.2) is 90.1 Å². The molecule has 0 unspecified atom stereocenters. The lowest BCUT2D eigenvalue weighted by Gasteiger charge is -2.19. The fourth-order valence-corrected chi connectivity index (χ4v) is 5.16. The Morgan fingerprint density at radius 1 is 1.06 bits per heavy atom. The summed E-state index contributed by atoms with van der Waals surface area (Å²) >= 11 is 0. The van der Waals surface area contributed by atoms with Crippen LogP contribution in [0.1, 0.15) is 43.9 Å². The molecule has 13 heteroatoms. The highest BCUT2D eigenvalue weighted by molar-refractivity contribution is 5.97. The molecule has 0 saturated heterocycles. The predicted octanol–water partition coefficient (Wildman–Crippen LogP) is 6.01. The van der Waals surface area contributed by atoms with E-state index in [1.165, 1.54) is 55.0 Å². The van der Waals surface area contributed by atoms with Crippen LogP contribution in [-0.4, -0.2) is 37.6 Å². The molecule has 0 fully saturated rings. The van der Waals surface area contributed by atoms with Crippen molar-refractivity contribution in [1.29, 1.82) is 5.26 Å². The lowest BCUT2D eigenvalue weighted by atomic mass is 10.0. The topological polar surface area (TPSA) is 150 Å². The zero-order chi connectivity index (χ0) is 34.6. The number of pyridine rings is 1. The van der Waals surface area contributed by atoms with Crippen LogP contribution in [0, 0.1) is 25.2 Å². The molecule has 48 heavy (non-hydrogen) atoms. The number of aryl methyl sites for hydroxylation is 2. The number of ether oxygens (including phenoxy) is 1. The number of hydrogen-bond donors (Lipinski definition) is 3. The van der Waals surface area contributed by atoms with Crippen LogP contribution in [0.5, 0.6) is 11.5 Å². The predicted molar refractivity (Wildman–Crippen MR) is 169 cm³/mol. The van der Waals surface area contributed by atoms with Crippen LogP contribution in [-0.2, 0) is 23.9 Å². The first-order valence-electron chi connectivity index (χ1n) is 14.5. The van der Waals surface area contributed by atoms with E-state index in [-0.39, 0.29) is 41.3 Å². The molecule has 10 nitrogen and oxygen atoms in total. The minimum absolute atomic E-state index is 0.00816. The summed E-state index contributed by atoms with van der Waals surface area (Å²) in [4.78, 5) is 44.6. The Morgan fingerprint density at radius 3 is 2.44 bits per heavy atom. The van der Waals surface area contributed by atoms with Gasteiger partial charge in [-0.2, -0.15) is 18.4 Å². The Kier molecular flexibility index (Phi) is 9.46. The Balaban J connectivity index is 1.42. The number of halogens is 3. The number of aromatic amines is 1. The van der Waals surface area contributed by atoms with Gasteiger partial charge in [-0.1, -0.05) is 29.8 Å². The highest BCUT2D eigenvalue weighted by atomic mass is 19.4. The number of nitriles is 1. The van der Waals surface area contributed by atoms with Crippen molar-refractivity contribution in [1.82, 2.24) is 19.9 Å². The molecule has 3 N–H and O–H groups in total. The second kappa shape index (κ2) is 13.7. The second-order valence-corrected chi connectivity index (χ2v) is 11.0. The summed E-state index contributed by atoms with van der Waals surface area (Å²) in [5.41, 5.74) is 0.0214. The first kappa shape index (κ1) is 33.2. The van der Waals surface area contributed by atoms with Crippen LogP contribution in [0.3, 0.4) is 0 Å². The zero-order valence-electron chi connectivity index (χ0n) is 25.6. The van der Waals surface area contributed by atoms with Gasteiger partial charge in [0.2, 0.25) is 0 Å². The van der Waals surface area contributed by atoms with Crippen molar-refractivity contribution in [2.45, 2.75) is 39.0 Å². The fraction of sp³-hybridized carbons (Fsp3) is 0.171. The van der Waals surface area contributed by atoms with E-state index in [1.54, 1.807) is 18.2 Å². The molecular formula is C35H28F3N5O5. The third kappa shape index (κ3) is 7.45. The number of nitrogens with zero attached hydrogens (tertiary/aromatic N) is 3. The number of H-pyrrole nitrogens is 1. The molecule has 0 aliphatic carbocycles. The molecule has 5 rings (SSSR count). The molecule has 0 spiro atoms. The van der Waals surface area contributed by atoms with Crippen LogP contribution in [0.4, 0.5) is 13.2 Å². The number of alkyl halides is 3. The Morgan fingerprint density at radius 2 is 1.81 bits per heavy atom. The Hall–Kier alpha value is -6.16. The molecule has 244 valence electrons. The Bertz CT molecular complexity index is 2080. The number of aliphatic carboxylic acids is 1. The number of nitrogens with one attached hydrogen (secondary N) is 2. The van der Waals surface area contributed by atoms with Gasteiger partial charge in [-0.05, 0) is 79.1 Å². The van der Waals surface area contributed by atoms with E-state index < -0.39 is 40.8 Å². The van der Waals surface area contributed by atoms with Crippen LogP contribution >= 0.6 is 0 Å². The average Bonchev–Trinajstić information content (AvgIpc) is 3.56. The van der Waals surface area contributed by atoms with E-state index >= 15 is 0 Å². The van der Waals surface area contributed by atoms with Crippen molar-refractivity contribution in [3.63, 3.8) is 0 Å². The van der Waals surface area contributed by atoms with Crippen LogP contribution < -0.4 is 15.6 Å². The largest absolute Gasteiger partial charge is 0.480 e. The molecule has 0 radical (unpaired) electrons. The summed E-state index contributed by atoms with van der Waals surface area (Å²) < 4.78 is 49.0. The molecule has 1 amide bonds. The van der Waals surface area contributed by atoms with Gasteiger partial charge in [0.25, 0.3) is 11.5 Å². The van der Waals surface area contributed by atoms with Gasteiger partial charge in [0.1, 0.15) is 29.2 Å².